The van der Waals surface area contributed by atoms with Crippen molar-refractivity contribution in [2.24, 2.45) is 0 Å². The maximum Gasteiger partial charge on any atom is -0.0163 e. The van der Waals surface area contributed by atoms with Crippen molar-refractivity contribution < 1.29 is 0 Å². The van der Waals surface area contributed by atoms with Crippen molar-refractivity contribution in [1.82, 2.24) is 0 Å². The van der Waals surface area contributed by atoms with Gasteiger partial charge in [0.05, 0.1) is 0 Å². The van der Waals surface area contributed by atoms with Crippen LogP contribution < -0.4 is 0 Å². The summed E-state index contributed by atoms with van der Waals surface area (Å²) in [6, 6.07) is 0. The third-order valence-electron chi connectivity index (χ3n) is 1.97. The minimum atomic E-state index is 0. The van der Waals surface area contributed by atoms with Crippen LogP contribution >= 0.6 is 0 Å². The molecule has 0 amide bonds. The van der Waals surface area contributed by atoms with Crippen LogP contribution in [0.1, 0.15) is 152 Å². The molecular weight excluding hydrogens is 408 g/mol. The number of hydrogen-bond acceptors (Lipinski definition) is 0. The van der Waals surface area contributed by atoms with Crippen molar-refractivity contribution >= 4 is 0 Å². The summed E-state index contributed by atoms with van der Waals surface area (Å²) in [5.41, 5.74) is 0. The molecule has 3 aliphatic rings. The summed E-state index contributed by atoms with van der Waals surface area (Å²) >= 11 is 0. The number of allylic oxidation sites excluding steroid dienone is 12. The van der Waals surface area contributed by atoms with Gasteiger partial charge in [-0.25, -0.2) is 0 Å². The maximum absolute atomic E-state index is 2.12. The van der Waals surface area contributed by atoms with E-state index in [-0.39, 0.29) is 37.1 Å². The number of hydrogen-bond donors (Lipinski definition) is 0. The largest absolute Gasteiger partial charge is 0.0808 e. The van der Waals surface area contributed by atoms with Crippen molar-refractivity contribution in [3.05, 3.63) is 72.9 Å². The van der Waals surface area contributed by atoms with Crippen molar-refractivity contribution in [3.63, 3.8) is 0 Å². The monoisotopic (exact) mass is 487 g/mol. The Morgan fingerprint density at radius 1 is 0.324 bits per heavy atom. The van der Waals surface area contributed by atoms with Gasteiger partial charge in [0.15, 0.2) is 0 Å². The van der Waals surface area contributed by atoms with E-state index < -0.39 is 0 Å². The lowest BCUT2D eigenvalue weighted by molar-refractivity contribution is 1.09. The molecule has 3 rings (SSSR count). The fraction of sp³-hybridized carbons (Fsp3) is 0.647. The predicted octanol–water partition coefficient (Wildman–Crippen LogP) is 14.6. The summed E-state index contributed by atoms with van der Waals surface area (Å²) in [4.78, 5) is 0. The van der Waals surface area contributed by atoms with Gasteiger partial charge in [0, 0.05) is 0 Å². The lowest BCUT2D eigenvalue weighted by Crippen LogP contribution is -1.37. The first-order valence-corrected chi connectivity index (χ1v) is 12.3. The third kappa shape index (κ3) is 146. The lowest BCUT2D eigenvalue weighted by Gasteiger charge is -1.57. The van der Waals surface area contributed by atoms with E-state index in [1.54, 1.807) is 0 Å². The Bertz CT molecular complexity index is 251. The summed E-state index contributed by atoms with van der Waals surface area (Å²) < 4.78 is 0. The van der Waals surface area contributed by atoms with Gasteiger partial charge in [-0.15, -0.1) is 0 Å². The standard InChI is InChI=1S/3C5H6.2C3H8.4C2H6.5CH4/c3*1-2-4-5-3-1;2*1-3-2;4*1-2;;;;;/h3*1-4H,5H2;2*3H2,1-2H3;4*1-2H3;5*1H4. The van der Waals surface area contributed by atoms with Crippen molar-refractivity contribution in [2.75, 3.05) is 0 Å². The van der Waals surface area contributed by atoms with Gasteiger partial charge in [-0.1, -0.05) is 206 Å². The Morgan fingerprint density at radius 2 is 0.412 bits per heavy atom. The van der Waals surface area contributed by atoms with Gasteiger partial charge in [-0.2, -0.15) is 0 Å². The van der Waals surface area contributed by atoms with Crippen molar-refractivity contribution in [3.8, 4) is 0 Å². The molecule has 0 saturated carbocycles. The predicted molar refractivity (Wildman–Crippen MR) is 180 cm³/mol. The van der Waals surface area contributed by atoms with Crippen LogP contribution in [0.5, 0.6) is 0 Å². The van der Waals surface area contributed by atoms with Gasteiger partial charge in [0.1, 0.15) is 0 Å². The second-order valence-electron chi connectivity index (χ2n) is 4.69. The average Bonchev–Trinajstić information content (AvgIpc) is 3.61. The summed E-state index contributed by atoms with van der Waals surface area (Å²) in [7, 11) is 0. The zero-order chi connectivity index (χ0) is 24.0. The topological polar surface area (TPSA) is 0 Å². The van der Waals surface area contributed by atoms with Crippen LogP contribution in [0.3, 0.4) is 0 Å². The highest BCUT2D eigenvalue weighted by Gasteiger charge is 1.73. The molecular formula is C34H78. The molecule has 0 aromatic carbocycles. The average molecular weight is 487 g/mol. The Hall–Kier alpha value is -1.56. The van der Waals surface area contributed by atoms with Crippen molar-refractivity contribution in [2.45, 2.75) is 152 Å². The molecule has 3 aliphatic carbocycles. The zero-order valence-corrected chi connectivity index (χ0v) is 22.5. The first-order chi connectivity index (χ1) is 14.3. The molecule has 0 aromatic rings. The van der Waals surface area contributed by atoms with Gasteiger partial charge in [-0.05, 0) is 19.3 Å². The molecule has 0 heteroatoms. The maximum atomic E-state index is 2.12. The smallest absolute Gasteiger partial charge is 0.0163 e. The van der Waals surface area contributed by atoms with Crippen LogP contribution in [0, 0.1) is 0 Å². The first kappa shape index (κ1) is 69.8. The molecule has 0 saturated heterocycles. The van der Waals surface area contributed by atoms with Crippen LogP contribution in [-0.2, 0) is 0 Å². The molecule has 0 heterocycles. The van der Waals surface area contributed by atoms with Crippen LogP contribution in [0.15, 0.2) is 72.9 Å². The van der Waals surface area contributed by atoms with Gasteiger partial charge in [0.2, 0.25) is 0 Å². The van der Waals surface area contributed by atoms with Gasteiger partial charge in [-0.3, -0.25) is 0 Å². The fourth-order valence-corrected chi connectivity index (χ4v) is 1.18. The SMILES string of the molecule is C.C.C.C.C.C1=CCC=C1.C1=CCC=C1.C1=CCC=C1.CC.CC.CC.CC.CCC.CCC. The number of rotatable bonds is 0. The highest BCUT2D eigenvalue weighted by Crippen LogP contribution is 1.94. The lowest BCUT2D eigenvalue weighted by atomic mass is 10.5. The van der Waals surface area contributed by atoms with Gasteiger partial charge >= 0.3 is 0 Å². The van der Waals surface area contributed by atoms with Crippen LogP contribution in [0.2, 0.25) is 0 Å². The molecule has 0 spiro atoms. The fourth-order valence-electron chi connectivity index (χ4n) is 1.18. The molecule has 0 aliphatic heterocycles. The molecule has 0 unspecified atom stereocenters. The molecule has 0 bridgehead atoms. The summed E-state index contributed by atoms with van der Waals surface area (Å²) in [6.07, 6.45) is 31.0. The highest BCUT2D eigenvalue weighted by atomic mass is 13.8. The van der Waals surface area contributed by atoms with Crippen LogP contribution in [-0.4, -0.2) is 0 Å². The Kier molecular flexibility index (Phi) is 251. The van der Waals surface area contributed by atoms with E-state index in [0.29, 0.717) is 0 Å². The van der Waals surface area contributed by atoms with Crippen LogP contribution in [0.4, 0.5) is 0 Å². The van der Waals surface area contributed by atoms with E-state index in [4.69, 9.17) is 0 Å². The molecule has 34 heavy (non-hydrogen) atoms. The Labute approximate surface area is 225 Å². The quantitative estimate of drug-likeness (QED) is 0.319. The molecule has 0 aromatic heterocycles. The van der Waals surface area contributed by atoms with E-state index in [9.17, 15) is 0 Å². The molecule has 214 valence electrons. The zero-order valence-electron chi connectivity index (χ0n) is 22.5. The first-order valence-electron chi connectivity index (χ1n) is 12.3. The molecule has 0 N–H and O–H groups in total. The molecule has 0 fully saturated rings. The van der Waals surface area contributed by atoms with Crippen molar-refractivity contribution in [1.29, 1.82) is 0 Å². The normalized spacial score (nSPS) is 9.53. The van der Waals surface area contributed by atoms with E-state index in [2.05, 4.69) is 101 Å². The van der Waals surface area contributed by atoms with E-state index >= 15 is 0 Å². The van der Waals surface area contributed by atoms with Gasteiger partial charge in [0.25, 0.3) is 0 Å². The molecule has 0 nitrogen and oxygen atoms in total. The summed E-state index contributed by atoms with van der Waals surface area (Å²) in [5, 5.41) is 0. The third-order valence-corrected chi connectivity index (χ3v) is 1.97. The molecule has 0 radical (unpaired) electrons. The highest BCUT2D eigenvalue weighted by molar-refractivity contribution is 5.12. The minimum Gasteiger partial charge on any atom is -0.0808 e. The van der Waals surface area contributed by atoms with Crippen LogP contribution in [0.25, 0.3) is 0 Å². The summed E-state index contributed by atoms with van der Waals surface area (Å²) in [5.74, 6) is 0. The summed E-state index contributed by atoms with van der Waals surface area (Å²) in [6.45, 7) is 24.5. The van der Waals surface area contributed by atoms with Gasteiger partial charge < -0.3 is 0 Å². The molecule has 0 atom stereocenters. The van der Waals surface area contributed by atoms with E-state index in [0.717, 1.165) is 19.3 Å². The second kappa shape index (κ2) is 122. The Morgan fingerprint density at radius 3 is 0.441 bits per heavy atom. The van der Waals surface area contributed by atoms with E-state index in [1.807, 2.05) is 55.4 Å². The second-order valence-corrected chi connectivity index (χ2v) is 4.69. The minimum absolute atomic E-state index is 0. The van der Waals surface area contributed by atoms with E-state index in [1.165, 1.54) is 12.8 Å². The Balaban J connectivity index is -0.0000000197.